The molecule has 0 saturated carbocycles. The summed E-state index contributed by atoms with van der Waals surface area (Å²) in [6.07, 6.45) is 0. The number of fused-ring (bicyclic) bond motifs is 2. The number of amides is 1. The SMILES string of the molecule is CCOC(=O)Cn1c(=NC(=O)Cn2c(=O)oc3ccccc32)sc2cc(C)c(C)cc21. The van der Waals surface area contributed by atoms with Crippen LogP contribution < -0.4 is 10.6 Å². The van der Waals surface area contributed by atoms with E-state index < -0.39 is 17.6 Å². The van der Waals surface area contributed by atoms with Gasteiger partial charge >= 0.3 is 11.7 Å². The normalized spacial score (nSPS) is 12.0. The summed E-state index contributed by atoms with van der Waals surface area (Å²) in [6.45, 7) is 5.67. The number of oxazole rings is 1. The number of thiazole rings is 1. The van der Waals surface area contributed by atoms with Crippen LogP contribution in [0.4, 0.5) is 0 Å². The van der Waals surface area contributed by atoms with Crippen LogP contribution >= 0.6 is 11.3 Å². The van der Waals surface area contributed by atoms with Gasteiger partial charge in [0, 0.05) is 0 Å². The fraction of sp³-hybridized carbons (Fsp3) is 0.273. The Morgan fingerprint density at radius 2 is 1.81 bits per heavy atom. The highest BCUT2D eigenvalue weighted by Gasteiger charge is 2.15. The maximum absolute atomic E-state index is 12.8. The fourth-order valence-corrected chi connectivity index (χ4v) is 4.46. The fourth-order valence-electron chi connectivity index (χ4n) is 3.34. The molecule has 0 radical (unpaired) electrons. The summed E-state index contributed by atoms with van der Waals surface area (Å²) in [5, 5.41) is 0. The molecule has 0 aliphatic rings. The maximum Gasteiger partial charge on any atom is 0.420 e. The standard InChI is InChI=1S/C22H21N3O5S/c1-4-29-20(27)12-24-16-9-13(2)14(3)10-18(16)31-21(24)23-19(26)11-25-15-7-5-6-8-17(15)30-22(25)28/h5-10H,4,11-12H2,1-3H3. The van der Waals surface area contributed by atoms with Crippen LogP contribution in [0.3, 0.4) is 0 Å². The van der Waals surface area contributed by atoms with Crippen molar-refractivity contribution in [1.82, 2.24) is 9.13 Å². The van der Waals surface area contributed by atoms with Crippen molar-refractivity contribution in [3.05, 3.63) is 62.9 Å². The number of carbonyl (C=O) groups excluding carboxylic acids is 2. The molecular formula is C22H21N3O5S. The molecule has 9 heteroatoms. The van der Waals surface area contributed by atoms with Crippen LogP contribution in [0.25, 0.3) is 21.3 Å². The molecule has 1 amide bonds. The van der Waals surface area contributed by atoms with Gasteiger partial charge in [-0.2, -0.15) is 4.99 Å². The Bertz CT molecular complexity index is 1440. The lowest BCUT2D eigenvalue weighted by Crippen LogP contribution is -2.25. The second-order valence-electron chi connectivity index (χ2n) is 7.11. The van der Waals surface area contributed by atoms with Crippen molar-refractivity contribution < 1.29 is 18.7 Å². The molecule has 0 bridgehead atoms. The van der Waals surface area contributed by atoms with E-state index in [0.29, 0.717) is 15.9 Å². The number of nitrogens with zero attached hydrogens (tertiary/aromatic N) is 3. The van der Waals surface area contributed by atoms with Gasteiger partial charge in [0.1, 0.15) is 13.1 Å². The molecule has 2 aromatic heterocycles. The number of aryl methyl sites for hydroxylation is 2. The molecule has 2 heterocycles. The van der Waals surface area contributed by atoms with Crippen LogP contribution in [-0.2, 0) is 27.4 Å². The molecule has 31 heavy (non-hydrogen) atoms. The third-order valence-electron chi connectivity index (χ3n) is 4.98. The summed E-state index contributed by atoms with van der Waals surface area (Å²) in [7, 11) is 0. The van der Waals surface area contributed by atoms with Gasteiger partial charge in [0.15, 0.2) is 10.4 Å². The first kappa shape index (κ1) is 20.8. The quantitative estimate of drug-likeness (QED) is 0.446. The van der Waals surface area contributed by atoms with Gasteiger partial charge in [-0.05, 0) is 56.2 Å². The number of carbonyl (C=O) groups is 2. The monoisotopic (exact) mass is 439 g/mol. The number of benzene rings is 2. The van der Waals surface area contributed by atoms with Crippen molar-refractivity contribution in [1.29, 1.82) is 0 Å². The summed E-state index contributed by atoms with van der Waals surface area (Å²) in [4.78, 5) is 41.7. The zero-order valence-electron chi connectivity index (χ0n) is 17.4. The first-order valence-corrected chi connectivity index (χ1v) is 10.6. The van der Waals surface area contributed by atoms with Crippen molar-refractivity contribution in [2.24, 2.45) is 4.99 Å². The van der Waals surface area contributed by atoms with Crippen LogP contribution in [-0.4, -0.2) is 27.6 Å². The van der Waals surface area contributed by atoms with E-state index in [-0.39, 0.29) is 19.7 Å². The van der Waals surface area contributed by atoms with E-state index in [1.807, 2.05) is 26.0 Å². The minimum Gasteiger partial charge on any atom is -0.465 e. The number of rotatable bonds is 5. The molecule has 0 N–H and O–H groups in total. The van der Waals surface area contributed by atoms with E-state index in [1.165, 1.54) is 15.9 Å². The lowest BCUT2D eigenvalue weighted by molar-refractivity contribution is -0.143. The van der Waals surface area contributed by atoms with E-state index in [2.05, 4.69) is 4.99 Å². The van der Waals surface area contributed by atoms with Gasteiger partial charge in [0.25, 0.3) is 5.91 Å². The second kappa shape index (κ2) is 8.35. The van der Waals surface area contributed by atoms with Crippen LogP contribution in [0.5, 0.6) is 0 Å². The predicted octanol–water partition coefficient (Wildman–Crippen LogP) is 2.92. The number of aromatic nitrogens is 2. The highest BCUT2D eigenvalue weighted by molar-refractivity contribution is 7.16. The van der Waals surface area contributed by atoms with Crippen molar-refractivity contribution >= 4 is 44.5 Å². The van der Waals surface area contributed by atoms with Crippen molar-refractivity contribution in [2.45, 2.75) is 33.9 Å². The zero-order valence-corrected chi connectivity index (χ0v) is 18.2. The van der Waals surface area contributed by atoms with Gasteiger partial charge in [0.2, 0.25) is 0 Å². The second-order valence-corrected chi connectivity index (χ2v) is 8.12. The number of esters is 1. The lowest BCUT2D eigenvalue weighted by Gasteiger charge is -2.06. The van der Waals surface area contributed by atoms with Crippen LogP contribution in [0.15, 0.2) is 50.6 Å². The van der Waals surface area contributed by atoms with Crippen LogP contribution in [0.2, 0.25) is 0 Å². The van der Waals surface area contributed by atoms with Gasteiger partial charge in [-0.1, -0.05) is 23.5 Å². The Morgan fingerprint density at radius 1 is 1.06 bits per heavy atom. The molecule has 0 saturated heterocycles. The first-order chi connectivity index (χ1) is 14.9. The van der Waals surface area contributed by atoms with Crippen LogP contribution in [0.1, 0.15) is 18.1 Å². The molecule has 0 spiro atoms. The van der Waals surface area contributed by atoms with Gasteiger partial charge in [-0.3, -0.25) is 14.2 Å². The van der Waals surface area contributed by atoms with Crippen molar-refractivity contribution in [2.75, 3.05) is 6.61 Å². The number of ether oxygens (including phenoxy) is 1. The largest absolute Gasteiger partial charge is 0.465 e. The predicted molar refractivity (Wildman–Crippen MR) is 117 cm³/mol. The highest BCUT2D eigenvalue weighted by Crippen LogP contribution is 2.22. The van der Waals surface area contributed by atoms with Gasteiger partial charge in [0.05, 0.1) is 22.3 Å². The summed E-state index contributed by atoms with van der Waals surface area (Å²) in [5.41, 5.74) is 3.91. The molecular weight excluding hydrogens is 418 g/mol. The molecule has 160 valence electrons. The van der Waals surface area contributed by atoms with Gasteiger partial charge in [-0.15, -0.1) is 0 Å². The molecule has 0 atom stereocenters. The molecule has 0 aliphatic heterocycles. The highest BCUT2D eigenvalue weighted by atomic mass is 32.1. The summed E-state index contributed by atoms with van der Waals surface area (Å²) < 4.78 is 14.1. The third kappa shape index (κ3) is 4.09. The first-order valence-electron chi connectivity index (χ1n) is 9.79. The summed E-state index contributed by atoms with van der Waals surface area (Å²) in [6, 6.07) is 10.9. The molecule has 0 aliphatic carbocycles. The Labute approximate surface area is 181 Å². The minimum absolute atomic E-state index is 0.0585. The molecule has 4 rings (SSSR count). The van der Waals surface area contributed by atoms with Crippen molar-refractivity contribution in [3.63, 3.8) is 0 Å². The molecule has 8 nitrogen and oxygen atoms in total. The van der Waals surface area contributed by atoms with Crippen molar-refractivity contribution in [3.8, 4) is 0 Å². The lowest BCUT2D eigenvalue weighted by atomic mass is 10.1. The Morgan fingerprint density at radius 3 is 2.58 bits per heavy atom. The Kier molecular flexibility index (Phi) is 5.60. The molecule has 0 unspecified atom stereocenters. The molecule has 0 fully saturated rings. The average Bonchev–Trinajstić information content (AvgIpc) is 3.20. The number of para-hydroxylation sites is 2. The van der Waals surface area contributed by atoms with E-state index in [1.54, 1.807) is 35.8 Å². The van der Waals surface area contributed by atoms with Gasteiger partial charge < -0.3 is 13.7 Å². The maximum atomic E-state index is 12.8. The third-order valence-corrected chi connectivity index (χ3v) is 6.02. The van der Waals surface area contributed by atoms with E-state index >= 15 is 0 Å². The Hall–Kier alpha value is -3.46. The summed E-state index contributed by atoms with van der Waals surface area (Å²) >= 11 is 1.31. The summed E-state index contributed by atoms with van der Waals surface area (Å²) in [5.74, 6) is -1.55. The zero-order chi connectivity index (χ0) is 22.1. The smallest absolute Gasteiger partial charge is 0.420 e. The molecule has 4 aromatic rings. The van der Waals surface area contributed by atoms with Gasteiger partial charge in [-0.25, -0.2) is 4.79 Å². The number of hydrogen-bond acceptors (Lipinski definition) is 6. The van der Waals surface area contributed by atoms with E-state index in [0.717, 1.165) is 21.3 Å². The van der Waals surface area contributed by atoms with E-state index in [4.69, 9.17) is 9.15 Å². The Balaban J connectivity index is 1.78. The minimum atomic E-state index is -0.619. The average molecular weight is 439 g/mol. The molecule has 2 aromatic carbocycles. The number of hydrogen-bond donors (Lipinski definition) is 0. The topological polar surface area (TPSA) is 95.8 Å². The van der Waals surface area contributed by atoms with Crippen LogP contribution in [0, 0.1) is 13.8 Å². The van der Waals surface area contributed by atoms with E-state index in [9.17, 15) is 14.4 Å².